The fourth-order valence-corrected chi connectivity index (χ4v) is 6.25. The molecule has 0 aliphatic rings. The predicted molar refractivity (Wildman–Crippen MR) is 154 cm³/mol. The molecule has 178 valence electrons. The van der Waals surface area contributed by atoms with Crippen LogP contribution in [0.5, 0.6) is 0 Å². The van der Waals surface area contributed by atoms with Crippen molar-refractivity contribution in [1.82, 2.24) is 9.13 Å². The first-order valence-electron chi connectivity index (χ1n) is 13.5. The van der Waals surface area contributed by atoms with Crippen molar-refractivity contribution in [3.8, 4) is 0 Å². The number of hydrogen-bond acceptors (Lipinski definition) is 0. The number of fused-ring (bicyclic) bond motifs is 9. The van der Waals surface area contributed by atoms with Crippen molar-refractivity contribution in [2.75, 3.05) is 0 Å². The van der Waals surface area contributed by atoms with E-state index in [1.54, 1.807) is 0 Å². The molecule has 0 fully saturated rings. The number of nitrogens with zero attached hydrogens (tertiary/aromatic N) is 2. The van der Waals surface area contributed by atoms with Crippen molar-refractivity contribution in [3.05, 3.63) is 72.6 Å². The summed E-state index contributed by atoms with van der Waals surface area (Å²) in [5, 5.41) is 10.7. The maximum Gasteiger partial charge on any atom is 0.0559 e. The lowest BCUT2D eigenvalue weighted by Crippen LogP contribution is -1.97. The molecule has 0 N–H and O–H groups in total. The molecule has 0 saturated heterocycles. The first-order chi connectivity index (χ1) is 17.2. The summed E-state index contributed by atoms with van der Waals surface area (Å²) in [7, 11) is 4.40. The van der Waals surface area contributed by atoms with Gasteiger partial charge in [-0.3, -0.25) is 0 Å². The highest BCUT2D eigenvalue weighted by molar-refractivity contribution is 6.24. The van der Waals surface area contributed by atoms with Gasteiger partial charge in [0.1, 0.15) is 0 Å². The Morgan fingerprint density at radius 3 is 1.80 bits per heavy atom. The van der Waals surface area contributed by atoms with Gasteiger partial charge in [0.15, 0.2) is 0 Å². The van der Waals surface area contributed by atoms with Gasteiger partial charge >= 0.3 is 0 Å². The topological polar surface area (TPSA) is 9.86 Å². The Kier molecular flexibility index (Phi) is 5.76. The predicted octanol–water partition coefficient (Wildman–Crippen LogP) is 9.42. The lowest BCUT2D eigenvalue weighted by Gasteiger charge is -2.11. The quantitative estimate of drug-likeness (QED) is 0.158. The van der Waals surface area contributed by atoms with E-state index in [1.807, 2.05) is 0 Å². The highest BCUT2D eigenvalue weighted by Crippen LogP contribution is 2.37. The molecule has 0 amide bonds. The second-order valence-electron chi connectivity index (χ2n) is 10.4. The molecule has 0 saturated carbocycles. The van der Waals surface area contributed by atoms with Gasteiger partial charge in [-0.05, 0) is 46.5 Å². The second kappa shape index (κ2) is 9.07. The van der Waals surface area contributed by atoms with Gasteiger partial charge in [-0.15, -0.1) is 0 Å². The Bertz CT molecular complexity index is 1680. The minimum absolute atomic E-state index is 1.17. The van der Waals surface area contributed by atoms with Gasteiger partial charge in [0, 0.05) is 47.5 Å². The molecule has 0 bridgehead atoms. The van der Waals surface area contributed by atoms with Crippen molar-refractivity contribution in [2.45, 2.75) is 58.3 Å². The normalized spacial score (nSPS) is 12.2. The van der Waals surface area contributed by atoms with Crippen LogP contribution in [0.3, 0.4) is 0 Å². The number of rotatable bonds is 8. The minimum Gasteiger partial charge on any atom is -0.350 e. The van der Waals surface area contributed by atoms with Gasteiger partial charge in [0.05, 0.1) is 11.0 Å². The molecule has 0 spiro atoms. The molecule has 2 aromatic heterocycles. The Labute approximate surface area is 208 Å². The summed E-state index contributed by atoms with van der Waals surface area (Å²) < 4.78 is 4.69. The van der Waals surface area contributed by atoms with E-state index in [0.717, 1.165) is 0 Å². The van der Waals surface area contributed by atoms with Crippen LogP contribution in [0.25, 0.3) is 54.1 Å². The molecule has 4 aromatic carbocycles. The molecule has 35 heavy (non-hydrogen) atoms. The first-order valence-corrected chi connectivity index (χ1v) is 13.5. The minimum atomic E-state index is 1.17. The molecule has 6 aromatic rings. The van der Waals surface area contributed by atoms with E-state index >= 15 is 0 Å². The Balaban J connectivity index is 1.39. The van der Waals surface area contributed by atoms with Gasteiger partial charge in [-0.1, -0.05) is 94.0 Å². The molecule has 2 nitrogen and oxygen atoms in total. The Morgan fingerprint density at radius 1 is 0.543 bits per heavy atom. The fraction of sp³-hybridized carbons (Fsp3) is 0.333. The smallest absolute Gasteiger partial charge is 0.0559 e. The molecule has 0 radical (unpaired) electrons. The Hall–Kier alpha value is -3.26. The highest BCUT2D eigenvalue weighted by Gasteiger charge is 2.13. The van der Waals surface area contributed by atoms with Gasteiger partial charge in [0.25, 0.3) is 0 Å². The maximum absolute atomic E-state index is 2.45. The first kappa shape index (κ1) is 22.2. The third kappa shape index (κ3) is 3.71. The third-order valence-corrected chi connectivity index (χ3v) is 8.16. The van der Waals surface area contributed by atoms with Crippen LogP contribution in [0.1, 0.15) is 57.6 Å². The van der Waals surface area contributed by atoms with Crippen LogP contribution >= 0.6 is 0 Å². The van der Waals surface area contributed by atoms with Gasteiger partial charge in [-0.2, -0.15) is 0 Å². The second-order valence-corrected chi connectivity index (χ2v) is 10.4. The molecule has 0 aliphatic carbocycles. The van der Waals surface area contributed by atoms with Crippen molar-refractivity contribution in [3.63, 3.8) is 0 Å². The summed E-state index contributed by atoms with van der Waals surface area (Å²) >= 11 is 0. The van der Waals surface area contributed by atoms with Crippen LogP contribution in [-0.4, -0.2) is 9.13 Å². The van der Waals surface area contributed by atoms with Crippen molar-refractivity contribution in [1.29, 1.82) is 0 Å². The van der Waals surface area contributed by atoms with E-state index in [0.29, 0.717) is 0 Å². The van der Waals surface area contributed by atoms with E-state index in [4.69, 9.17) is 0 Å². The van der Waals surface area contributed by atoms with Gasteiger partial charge in [-0.25, -0.2) is 0 Å². The third-order valence-electron chi connectivity index (χ3n) is 8.16. The molecule has 2 heterocycles. The Morgan fingerprint density at radius 2 is 1.09 bits per heavy atom. The zero-order chi connectivity index (χ0) is 23.9. The van der Waals surface area contributed by atoms with E-state index < -0.39 is 0 Å². The zero-order valence-electron chi connectivity index (χ0n) is 21.4. The molecule has 0 atom stereocenters. The van der Waals surface area contributed by atoms with Crippen molar-refractivity contribution in [2.24, 2.45) is 14.1 Å². The summed E-state index contributed by atoms with van der Waals surface area (Å²) in [4.78, 5) is 0. The number of aryl methyl sites for hydroxylation is 3. The van der Waals surface area contributed by atoms with Gasteiger partial charge < -0.3 is 9.13 Å². The molecular weight excluding hydrogens is 424 g/mol. The van der Waals surface area contributed by atoms with Crippen LogP contribution in [0, 0.1) is 0 Å². The molecule has 6 rings (SSSR count). The van der Waals surface area contributed by atoms with E-state index in [-0.39, 0.29) is 0 Å². The number of benzene rings is 4. The average Bonchev–Trinajstić information content (AvgIpc) is 3.42. The average molecular weight is 461 g/mol. The molecule has 2 heteroatoms. The van der Waals surface area contributed by atoms with E-state index in [9.17, 15) is 0 Å². The summed E-state index contributed by atoms with van der Waals surface area (Å²) in [6, 6.07) is 23.2. The van der Waals surface area contributed by atoms with E-state index in [1.165, 1.54) is 111 Å². The number of aromatic nitrogens is 2. The van der Waals surface area contributed by atoms with Crippen LogP contribution in [0.2, 0.25) is 0 Å². The van der Waals surface area contributed by atoms with Crippen LogP contribution < -0.4 is 0 Å². The van der Waals surface area contributed by atoms with Crippen LogP contribution in [0.4, 0.5) is 0 Å². The monoisotopic (exact) mass is 460 g/mol. The zero-order valence-corrected chi connectivity index (χ0v) is 21.4. The van der Waals surface area contributed by atoms with Crippen molar-refractivity contribution < 1.29 is 0 Å². The van der Waals surface area contributed by atoms with E-state index in [2.05, 4.69) is 97.0 Å². The van der Waals surface area contributed by atoms with Crippen LogP contribution in [0.15, 0.2) is 66.9 Å². The summed E-state index contributed by atoms with van der Waals surface area (Å²) in [5.74, 6) is 0. The number of unbranched alkanes of at least 4 members (excludes halogenated alkanes) is 6. The van der Waals surface area contributed by atoms with Gasteiger partial charge in [0.2, 0.25) is 0 Å². The summed E-state index contributed by atoms with van der Waals surface area (Å²) in [5.41, 5.74) is 4.16. The summed E-state index contributed by atoms with van der Waals surface area (Å²) in [6.07, 6.45) is 12.8. The maximum atomic E-state index is 2.45. The largest absolute Gasteiger partial charge is 0.350 e. The lowest BCUT2D eigenvalue weighted by atomic mass is 9.95. The molecule has 0 unspecified atom stereocenters. The van der Waals surface area contributed by atoms with Crippen molar-refractivity contribution >= 4 is 54.1 Å². The molecular formula is C33H36N2. The lowest BCUT2D eigenvalue weighted by molar-refractivity contribution is 0.584. The SMILES string of the molecule is CCCCCCCCCc1cc2ccc3c4ccc5c(ccc6ccn(C)c65)c4ccc3c2n1C. The standard InChI is InChI=1S/C33H36N2/c1-4-5-6-7-8-9-10-11-25-22-24-13-15-29-27-16-18-30-28(14-12-23-20-21-34(2)32(23)30)26(27)17-19-31(29)33(24)35(25)3/h12-22H,4-11H2,1-3H3. The van der Waals surface area contributed by atoms with Crippen LogP contribution in [-0.2, 0) is 20.5 Å². The highest BCUT2D eigenvalue weighted by atomic mass is 14.9. The fourth-order valence-electron chi connectivity index (χ4n) is 6.25. The summed E-state index contributed by atoms with van der Waals surface area (Å²) in [6.45, 7) is 2.29. The molecule has 0 aliphatic heterocycles. The number of hydrogen-bond donors (Lipinski definition) is 0.